The van der Waals surface area contributed by atoms with Crippen molar-refractivity contribution in [3.05, 3.63) is 76.0 Å². The summed E-state index contributed by atoms with van der Waals surface area (Å²) in [5, 5.41) is 6.44. The van der Waals surface area contributed by atoms with Gasteiger partial charge in [0.1, 0.15) is 0 Å². The van der Waals surface area contributed by atoms with Gasteiger partial charge in [-0.3, -0.25) is 4.90 Å². The Morgan fingerprint density at radius 1 is 1.12 bits per heavy atom. The number of hydrogen-bond donors (Lipinski definition) is 2. The van der Waals surface area contributed by atoms with E-state index < -0.39 is 12.0 Å². The monoisotopic (exact) mass is 454 g/mol. The number of methoxy groups -OCH3 is 1. The van der Waals surface area contributed by atoms with Gasteiger partial charge >= 0.3 is 12.0 Å². The Hall–Kier alpha value is -3.03. The van der Waals surface area contributed by atoms with Crippen molar-refractivity contribution in [1.82, 2.24) is 15.5 Å². The number of halogens is 1. The fourth-order valence-corrected chi connectivity index (χ4v) is 4.35. The Kier molecular flexibility index (Phi) is 6.67. The zero-order valence-electron chi connectivity index (χ0n) is 18.2. The molecule has 0 spiro atoms. The molecule has 0 saturated carbocycles. The number of nitrogens with zero attached hydrogens (tertiary/aromatic N) is 2. The van der Waals surface area contributed by atoms with Gasteiger partial charge in [-0.15, -0.1) is 0 Å². The van der Waals surface area contributed by atoms with E-state index in [4.69, 9.17) is 16.3 Å². The van der Waals surface area contributed by atoms with E-state index >= 15 is 0 Å². The van der Waals surface area contributed by atoms with E-state index in [1.807, 2.05) is 49.4 Å². The molecule has 1 saturated heterocycles. The minimum absolute atomic E-state index is 0.323. The lowest BCUT2D eigenvalue weighted by Crippen LogP contribution is -2.51. The number of ether oxygens (including phenoxy) is 1. The summed E-state index contributed by atoms with van der Waals surface area (Å²) in [6, 6.07) is 14.7. The van der Waals surface area contributed by atoms with Crippen LogP contribution in [0.2, 0.25) is 5.02 Å². The average molecular weight is 455 g/mol. The first-order valence-corrected chi connectivity index (χ1v) is 11.0. The minimum atomic E-state index is -0.556. The number of amides is 2. The number of urea groups is 1. The standard InChI is InChI=1S/C24H27ClN4O3/c1-16-6-8-17(9-7-16)22-21(23(30)32-2)20(26-24(31)27-22)15-28-10-12-29(13-11-28)19-5-3-4-18(25)14-19/h3-9,14,22H,10-13,15H2,1-2H3,(H2,26,27,31). The summed E-state index contributed by atoms with van der Waals surface area (Å²) in [5.74, 6) is -0.448. The molecule has 1 unspecified atom stereocenters. The Morgan fingerprint density at radius 2 is 1.84 bits per heavy atom. The normalized spacial score (nSPS) is 19.4. The second kappa shape index (κ2) is 9.63. The molecular weight excluding hydrogens is 428 g/mol. The number of hydrogen-bond acceptors (Lipinski definition) is 5. The van der Waals surface area contributed by atoms with Gasteiger partial charge in [0, 0.05) is 49.1 Å². The third-order valence-electron chi connectivity index (χ3n) is 5.90. The summed E-state index contributed by atoms with van der Waals surface area (Å²) in [7, 11) is 1.36. The van der Waals surface area contributed by atoms with Crippen LogP contribution in [0.4, 0.5) is 10.5 Å². The first-order valence-electron chi connectivity index (χ1n) is 10.6. The second-order valence-corrected chi connectivity index (χ2v) is 8.51. The van der Waals surface area contributed by atoms with Crippen LogP contribution in [0.25, 0.3) is 0 Å². The maximum atomic E-state index is 12.7. The molecule has 2 amide bonds. The zero-order valence-corrected chi connectivity index (χ0v) is 19.0. The first kappa shape index (κ1) is 22.2. The number of nitrogens with one attached hydrogen (secondary N) is 2. The van der Waals surface area contributed by atoms with E-state index in [9.17, 15) is 9.59 Å². The fourth-order valence-electron chi connectivity index (χ4n) is 4.16. The number of anilines is 1. The predicted molar refractivity (Wildman–Crippen MR) is 125 cm³/mol. The van der Waals surface area contributed by atoms with Gasteiger partial charge < -0.3 is 20.3 Å². The summed E-state index contributed by atoms with van der Waals surface area (Å²) in [6.07, 6.45) is 0. The molecular formula is C24H27ClN4O3. The highest BCUT2D eigenvalue weighted by Gasteiger charge is 2.34. The van der Waals surface area contributed by atoms with Crippen LogP contribution in [0, 0.1) is 6.92 Å². The van der Waals surface area contributed by atoms with Gasteiger partial charge in [0.2, 0.25) is 0 Å². The van der Waals surface area contributed by atoms with E-state index in [0.717, 1.165) is 48.0 Å². The van der Waals surface area contributed by atoms with Crippen LogP contribution in [0.5, 0.6) is 0 Å². The zero-order chi connectivity index (χ0) is 22.7. The van der Waals surface area contributed by atoms with Gasteiger partial charge in [-0.25, -0.2) is 9.59 Å². The van der Waals surface area contributed by atoms with Crippen LogP contribution in [0.1, 0.15) is 17.2 Å². The van der Waals surface area contributed by atoms with Crippen LogP contribution in [0.15, 0.2) is 59.8 Å². The third kappa shape index (κ3) is 4.89. The molecule has 0 radical (unpaired) electrons. The van der Waals surface area contributed by atoms with Crippen molar-refractivity contribution in [2.45, 2.75) is 13.0 Å². The van der Waals surface area contributed by atoms with Gasteiger partial charge in [-0.2, -0.15) is 0 Å². The number of carbonyl (C=O) groups excluding carboxylic acids is 2. The molecule has 2 aliphatic rings. The molecule has 1 atom stereocenters. The van der Waals surface area contributed by atoms with E-state index in [1.54, 1.807) is 0 Å². The summed E-state index contributed by atoms with van der Waals surface area (Å²) in [5.41, 5.74) is 4.07. The highest BCUT2D eigenvalue weighted by Crippen LogP contribution is 2.29. The summed E-state index contributed by atoms with van der Waals surface area (Å²) >= 11 is 6.13. The maximum Gasteiger partial charge on any atom is 0.338 e. The van der Waals surface area contributed by atoms with E-state index in [2.05, 4.69) is 26.5 Å². The molecule has 2 aromatic rings. The number of carbonyl (C=O) groups is 2. The SMILES string of the molecule is COC(=O)C1=C(CN2CCN(c3cccc(Cl)c3)CC2)NC(=O)NC1c1ccc(C)cc1. The minimum Gasteiger partial charge on any atom is -0.466 e. The van der Waals surface area contributed by atoms with Gasteiger partial charge in [0.05, 0.1) is 18.7 Å². The molecule has 0 aliphatic carbocycles. The van der Waals surface area contributed by atoms with Crippen LogP contribution < -0.4 is 15.5 Å². The van der Waals surface area contributed by atoms with Crippen molar-refractivity contribution >= 4 is 29.3 Å². The molecule has 2 aromatic carbocycles. The quantitative estimate of drug-likeness (QED) is 0.678. The smallest absolute Gasteiger partial charge is 0.338 e. The molecule has 0 bridgehead atoms. The highest BCUT2D eigenvalue weighted by molar-refractivity contribution is 6.30. The summed E-state index contributed by atoms with van der Waals surface area (Å²) in [4.78, 5) is 29.7. The Morgan fingerprint density at radius 3 is 2.50 bits per heavy atom. The molecule has 168 valence electrons. The molecule has 2 heterocycles. The Bertz CT molecular complexity index is 1030. The molecule has 32 heavy (non-hydrogen) atoms. The summed E-state index contributed by atoms with van der Waals surface area (Å²) < 4.78 is 5.08. The average Bonchev–Trinajstić information content (AvgIpc) is 2.79. The number of piperazine rings is 1. The fraction of sp³-hybridized carbons (Fsp3) is 0.333. The molecule has 2 N–H and O–H groups in total. The molecule has 7 nitrogen and oxygen atoms in total. The molecule has 1 fully saturated rings. The lowest BCUT2D eigenvalue weighted by Gasteiger charge is -2.38. The van der Waals surface area contributed by atoms with Crippen molar-refractivity contribution in [3.63, 3.8) is 0 Å². The van der Waals surface area contributed by atoms with Crippen molar-refractivity contribution in [2.75, 3.05) is 44.7 Å². The highest BCUT2D eigenvalue weighted by atomic mass is 35.5. The van der Waals surface area contributed by atoms with Crippen LogP contribution in [0.3, 0.4) is 0 Å². The first-order chi connectivity index (χ1) is 15.4. The predicted octanol–water partition coefficient (Wildman–Crippen LogP) is 3.25. The van der Waals surface area contributed by atoms with Crippen molar-refractivity contribution < 1.29 is 14.3 Å². The third-order valence-corrected chi connectivity index (χ3v) is 6.13. The van der Waals surface area contributed by atoms with Gasteiger partial charge in [-0.05, 0) is 30.7 Å². The van der Waals surface area contributed by atoms with E-state index in [1.165, 1.54) is 7.11 Å². The second-order valence-electron chi connectivity index (χ2n) is 8.07. The Balaban J connectivity index is 1.54. The maximum absolute atomic E-state index is 12.7. The molecule has 4 rings (SSSR count). The van der Waals surface area contributed by atoms with Gasteiger partial charge in [0.15, 0.2) is 0 Å². The summed E-state index contributed by atoms with van der Waals surface area (Å²) in [6.45, 7) is 5.70. The molecule has 2 aliphatic heterocycles. The number of aryl methyl sites for hydroxylation is 1. The van der Waals surface area contributed by atoms with Crippen LogP contribution in [-0.2, 0) is 9.53 Å². The van der Waals surface area contributed by atoms with Crippen LogP contribution >= 0.6 is 11.6 Å². The Labute approximate surface area is 193 Å². The number of rotatable bonds is 5. The van der Waals surface area contributed by atoms with E-state index in [-0.39, 0.29) is 6.03 Å². The van der Waals surface area contributed by atoms with Crippen molar-refractivity contribution in [2.24, 2.45) is 0 Å². The molecule has 0 aromatic heterocycles. The number of esters is 1. The number of benzene rings is 2. The lowest BCUT2D eigenvalue weighted by molar-refractivity contribution is -0.136. The van der Waals surface area contributed by atoms with E-state index in [0.29, 0.717) is 17.8 Å². The lowest BCUT2D eigenvalue weighted by atomic mass is 9.94. The van der Waals surface area contributed by atoms with Crippen molar-refractivity contribution in [1.29, 1.82) is 0 Å². The van der Waals surface area contributed by atoms with Crippen LogP contribution in [-0.4, -0.2) is 56.7 Å². The van der Waals surface area contributed by atoms with Crippen molar-refractivity contribution in [3.8, 4) is 0 Å². The van der Waals surface area contributed by atoms with Gasteiger partial charge in [-0.1, -0.05) is 47.5 Å². The van der Waals surface area contributed by atoms with Gasteiger partial charge in [0.25, 0.3) is 0 Å². The largest absolute Gasteiger partial charge is 0.466 e. The topological polar surface area (TPSA) is 73.9 Å². The molecule has 8 heteroatoms.